The topological polar surface area (TPSA) is 33.1 Å². The van der Waals surface area contributed by atoms with E-state index in [4.69, 9.17) is 11.6 Å². The van der Waals surface area contributed by atoms with Crippen molar-refractivity contribution in [1.29, 1.82) is 0 Å². The summed E-state index contributed by atoms with van der Waals surface area (Å²) in [6.45, 7) is 0. The Kier molecular flexibility index (Phi) is 2.88. The van der Waals surface area contributed by atoms with Gasteiger partial charge in [0.1, 0.15) is 5.75 Å². The molecular weight excluding hydrogens is 210 g/mol. The molecule has 0 unspecified atom stereocenters. The number of alkyl halides is 1. The van der Waals surface area contributed by atoms with Gasteiger partial charge in [-0.05, 0) is 11.6 Å². The van der Waals surface area contributed by atoms with Crippen LogP contribution in [0, 0.1) is 0 Å². The van der Waals surface area contributed by atoms with Gasteiger partial charge in [-0.15, -0.1) is 11.6 Å². The van der Waals surface area contributed by atoms with E-state index in [0.29, 0.717) is 5.69 Å². The van der Waals surface area contributed by atoms with Crippen molar-refractivity contribution in [3.63, 3.8) is 0 Å². The van der Waals surface area contributed by atoms with Crippen molar-refractivity contribution in [3.05, 3.63) is 48.3 Å². The average Bonchev–Trinajstić information content (AvgIpc) is 2.30. The van der Waals surface area contributed by atoms with Crippen LogP contribution in [-0.2, 0) is 5.88 Å². The molecule has 0 aliphatic rings. The Bertz CT molecular complexity index is 456. The smallest absolute Gasteiger partial charge is 0.146 e. The highest BCUT2D eigenvalue weighted by molar-refractivity contribution is 6.17. The third-order valence-electron chi connectivity index (χ3n) is 2.21. The van der Waals surface area contributed by atoms with E-state index >= 15 is 0 Å². The number of benzene rings is 1. The first-order valence-corrected chi connectivity index (χ1v) is 5.14. The molecule has 15 heavy (non-hydrogen) atoms. The van der Waals surface area contributed by atoms with Gasteiger partial charge in [-0.2, -0.15) is 0 Å². The molecule has 1 aromatic heterocycles. The second-order valence-corrected chi connectivity index (χ2v) is 3.42. The van der Waals surface area contributed by atoms with E-state index in [9.17, 15) is 5.11 Å². The third kappa shape index (κ3) is 1.95. The zero-order valence-corrected chi connectivity index (χ0v) is 8.78. The summed E-state index contributed by atoms with van der Waals surface area (Å²) >= 11 is 5.67. The van der Waals surface area contributed by atoms with Crippen LogP contribution in [0.2, 0.25) is 0 Å². The fourth-order valence-electron chi connectivity index (χ4n) is 1.45. The molecule has 2 aromatic rings. The van der Waals surface area contributed by atoms with Crippen LogP contribution in [0.3, 0.4) is 0 Å². The molecule has 3 heteroatoms. The fraction of sp³-hybridized carbons (Fsp3) is 0.0833. The molecule has 2 rings (SSSR count). The first-order chi connectivity index (χ1) is 7.33. The van der Waals surface area contributed by atoms with E-state index in [1.54, 1.807) is 12.3 Å². The summed E-state index contributed by atoms with van der Waals surface area (Å²) < 4.78 is 0. The van der Waals surface area contributed by atoms with Gasteiger partial charge in [0, 0.05) is 11.8 Å². The number of halogens is 1. The third-order valence-corrected chi connectivity index (χ3v) is 2.46. The highest BCUT2D eigenvalue weighted by Gasteiger charge is 2.08. The van der Waals surface area contributed by atoms with E-state index in [2.05, 4.69) is 4.98 Å². The minimum absolute atomic E-state index is 0.165. The van der Waals surface area contributed by atoms with Gasteiger partial charge < -0.3 is 5.11 Å². The van der Waals surface area contributed by atoms with Crippen LogP contribution in [0.15, 0.2) is 42.6 Å². The Morgan fingerprint density at radius 2 is 1.87 bits per heavy atom. The minimum Gasteiger partial charge on any atom is -0.505 e. The van der Waals surface area contributed by atoms with Gasteiger partial charge in [0.2, 0.25) is 0 Å². The molecule has 0 radical (unpaired) electrons. The van der Waals surface area contributed by atoms with Crippen molar-refractivity contribution in [3.8, 4) is 16.9 Å². The predicted molar refractivity (Wildman–Crippen MR) is 60.9 cm³/mol. The average molecular weight is 220 g/mol. The molecule has 0 aliphatic heterocycles. The Labute approximate surface area is 93.2 Å². The van der Waals surface area contributed by atoms with E-state index in [-0.39, 0.29) is 11.6 Å². The molecule has 0 saturated heterocycles. The molecule has 0 saturated carbocycles. The van der Waals surface area contributed by atoms with Crippen LogP contribution in [0.5, 0.6) is 5.75 Å². The SMILES string of the molecule is Oc1c(-c2ccccc2)ccnc1CCl. The molecule has 0 fully saturated rings. The maximum absolute atomic E-state index is 9.90. The number of hydrogen-bond acceptors (Lipinski definition) is 2. The summed E-state index contributed by atoms with van der Waals surface area (Å²) in [5, 5.41) is 9.90. The van der Waals surface area contributed by atoms with Gasteiger partial charge in [-0.3, -0.25) is 4.98 Å². The maximum atomic E-state index is 9.90. The lowest BCUT2D eigenvalue weighted by molar-refractivity contribution is 0.469. The molecule has 2 nitrogen and oxygen atoms in total. The summed E-state index contributed by atoms with van der Waals surface area (Å²) in [6, 6.07) is 11.4. The molecule has 1 aromatic carbocycles. The van der Waals surface area contributed by atoms with Crippen molar-refractivity contribution in [2.24, 2.45) is 0 Å². The minimum atomic E-state index is 0.165. The molecule has 0 atom stereocenters. The largest absolute Gasteiger partial charge is 0.505 e. The number of nitrogens with zero attached hydrogens (tertiary/aromatic N) is 1. The number of aromatic hydroxyl groups is 1. The van der Waals surface area contributed by atoms with Crippen LogP contribution >= 0.6 is 11.6 Å². The van der Waals surface area contributed by atoms with Gasteiger partial charge in [-0.1, -0.05) is 30.3 Å². The lowest BCUT2D eigenvalue weighted by Gasteiger charge is -2.06. The molecule has 0 spiro atoms. The first kappa shape index (κ1) is 9.99. The van der Waals surface area contributed by atoms with Crippen LogP contribution in [-0.4, -0.2) is 10.1 Å². The fourth-order valence-corrected chi connectivity index (χ4v) is 1.64. The normalized spacial score (nSPS) is 10.2. The predicted octanol–water partition coefficient (Wildman–Crippen LogP) is 3.19. The Balaban J connectivity index is 2.54. The zero-order valence-electron chi connectivity index (χ0n) is 8.02. The molecular formula is C12H10ClNO. The lowest BCUT2D eigenvalue weighted by atomic mass is 10.1. The van der Waals surface area contributed by atoms with Gasteiger partial charge in [0.25, 0.3) is 0 Å². The zero-order chi connectivity index (χ0) is 10.7. The maximum Gasteiger partial charge on any atom is 0.146 e. The van der Waals surface area contributed by atoms with Gasteiger partial charge in [0.15, 0.2) is 0 Å². The van der Waals surface area contributed by atoms with Crippen molar-refractivity contribution in [2.75, 3.05) is 0 Å². The van der Waals surface area contributed by atoms with Gasteiger partial charge >= 0.3 is 0 Å². The number of rotatable bonds is 2. The summed E-state index contributed by atoms with van der Waals surface area (Å²) in [5.74, 6) is 0.380. The number of pyridine rings is 1. The highest BCUT2D eigenvalue weighted by Crippen LogP contribution is 2.31. The van der Waals surface area contributed by atoms with Gasteiger partial charge in [-0.25, -0.2) is 0 Å². The molecule has 76 valence electrons. The Morgan fingerprint density at radius 1 is 1.13 bits per heavy atom. The molecule has 0 aliphatic carbocycles. The first-order valence-electron chi connectivity index (χ1n) is 4.61. The lowest BCUT2D eigenvalue weighted by Crippen LogP contribution is -1.88. The van der Waals surface area contributed by atoms with Crippen LogP contribution < -0.4 is 0 Å². The second kappa shape index (κ2) is 4.32. The molecule has 0 bridgehead atoms. The Hall–Kier alpha value is -1.54. The quantitative estimate of drug-likeness (QED) is 0.787. The van der Waals surface area contributed by atoms with Crippen molar-refractivity contribution < 1.29 is 5.11 Å². The van der Waals surface area contributed by atoms with Crippen molar-refractivity contribution >= 4 is 11.6 Å². The molecule has 0 amide bonds. The number of aromatic nitrogens is 1. The van der Waals surface area contributed by atoms with Gasteiger partial charge in [0.05, 0.1) is 11.6 Å². The van der Waals surface area contributed by atoms with Crippen LogP contribution in [0.1, 0.15) is 5.69 Å². The summed E-state index contributed by atoms with van der Waals surface area (Å²) in [5.41, 5.74) is 2.24. The summed E-state index contributed by atoms with van der Waals surface area (Å²) in [7, 11) is 0. The summed E-state index contributed by atoms with van der Waals surface area (Å²) in [6.07, 6.45) is 1.65. The standard InChI is InChI=1S/C12H10ClNO/c13-8-11-12(15)10(6-7-14-11)9-4-2-1-3-5-9/h1-7,15H,8H2. The monoisotopic (exact) mass is 219 g/mol. The van der Waals surface area contributed by atoms with Crippen LogP contribution in [0.4, 0.5) is 0 Å². The van der Waals surface area contributed by atoms with E-state index < -0.39 is 0 Å². The molecule has 1 heterocycles. The highest BCUT2D eigenvalue weighted by atomic mass is 35.5. The van der Waals surface area contributed by atoms with E-state index in [0.717, 1.165) is 11.1 Å². The molecule has 1 N–H and O–H groups in total. The summed E-state index contributed by atoms with van der Waals surface area (Å²) in [4.78, 5) is 4.00. The van der Waals surface area contributed by atoms with Crippen LogP contribution in [0.25, 0.3) is 11.1 Å². The van der Waals surface area contributed by atoms with Crippen molar-refractivity contribution in [2.45, 2.75) is 5.88 Å². The van der Waals surface area contributed by atoms with E-state index in [1.165, 1.54) is 0 Å². The van der Waals surface area contributed by atoms with Crippen molar-refractivity contribution in [1.82, 2.24) is 4.98 Å². The number of hydrogen-bond donors (Lipinski definition) is 1. The van der Waals surface area contributed by atoms with E-state index in [1.807, 2.05) is 30.3 Å². The Morgan fingerprint density at radius 3 is 2.53 bits per heavy atom. The second-order valence-electron chi connectivity index (χ2n) is 3.15.